The van der Waals surface area contributed by atoms with E-state index in [2.05, 4.69) is 4.90 Å². The van der Waals surface area contributed by atoms with E-state index in [1.165, 1.54) is 18.4 Å². The Hall–Kier alpha value is -0.970. The highest BCUT2D eigenvalue weighted by Crippen LogP contribution is 2.23. The summed E-state index contributed by atoms with van der Waals surface area (Å²) in [6, 6.07) is 7.13. The van der Waals surface area contributed by atoms with Gasteiger partial charge in [-0.3, -0.25) is 0 Å². The number of halogens is 1. The maximum absolute atomic E-state index is 13.0. The molecule has 2 N–H and O–H groups in total. The van der Waals surface area contributed by atoms with Gasteiger partial charge in [0.15, 0.2) is 0 Å². The van der Waals surface area contributed by atoms with E-state index in [0.717, 1.165) is 45.5 Å². The third-order valence-corrected chi connectivity index (χ3v) is 4.97. The van der Waals surface area contributed by atoms with Crippen LogP contribution in [0.5, 0.6) is 0 Å². The molecule has 4 heteroatoms. The van der Waals surface area contributed by atoms with Crippen LogP contribution in [0.1, 0.15) is 31.2 Å². The average Bonchev–Trinajstić information content (AvgIpc) is 2.52. The summed E-state index contributed by atoms with van der Waals surface area (Å²) >= 11 is 0. The summed E-state index contributed by atoms with van der Waals surface area (Å²) in [5, 5.41) is 0. The molecule has 122 valence electrons. The lowest BCUT2D eigenvalue weighted by Gasteiger charge is -2.38. The van der Waals surface area contributed by atoms with E-state index in [-0.39, 0.29) is 18.0 Å². The molecule has 0 radical (unpaired) electrons. The number of hydrogen-bond acceptors (Lipinski definition) is 3. The zero-order chi connectivity index (χ0) is 15.4. The Bertz CT molecular complexity index is 465. The van der Waals surface area contributed by atoms with E-state index in [9.17, 15) is 4.39 Å². The van der Waals surface area contributed by atoms with Crippen LogP contribution in [0.3, 0.4) is 0 Å². The fourth-order valence-corrected chi connectivity index (χ4v) is 3.74. The minimum absolute atomic E-state index is 0.155. The van der Waals surface area contributed by atoms with Gasteiger partial charge in [0, 0.05) is 25.7 Å². The van der Waals surface area contributed by atoms with Gasteiger partial charge in [-0.25, -0.2) is 4.39 Å². The first kappa shape index (κ1) is 15.9. The van der Waals surface area contributed by atoms with Crippen molar-refractivity contribution in [1.29, 1.82) is 0 Å². The molecule has 0 bridgehead atoms. The SMILES string of the molecule is N[C@@H]1CCCO[C@H]1CN1CCC[C@@H](Cc2ccc(F)cc2)C1. The lowest BCUT2D eigenvalue weighted by atomic mass is 9.90. The molecule has 3 nitrogen and oxygen atoms in total. The fraction of sp³-hybridized carbons (Fsp3) is 0.667. The molecule has 2 saturated heterocycles. The van der Waals surface area contributed by atoms with Crippen molar-refractivity contribution < 1.29 is 9.13 Å². The lowest BCUT2D eigenvalue weighted by molar-refractivity contribution is -0.0248. The second kappa shape index (κ2) is 7.53. The molecule has 1 aromatic rings. The molecule has 3 rings (SSSR count). The van der Waals surface area contributed by atoms with Crippen LogP contribution in [0.15, 0.2) is 24.3 Å². The lowest BCUT2D eigenvalue weighted by Crippen LogP contribution is -2.49. The van der Waals surface area contributed by atoms with Gasteiger partial charge in [-0.05, 0) is 62.3 Å². The Morgan fingerprint density at radius 3 is 2.77 bits per heavy atom. The number of rotatable bonds is 4. The minimum Gasteiger partial charge on any atom is -0.375 e. The van der Waals surface area contributed by atoms with E-state index >= 15 is 0 Å². The minimum atomic E-state index is -0.155. The summed E-state index contributed by atoms with van der Waals surface area (Å²) < 4.78 is 18.8. The molecular weight excluding hydrogens is 279 g/mol. The van der Waals surface area contributed by atoms with Crippen molar-refractivity contribution in [3.63, 3.8) is 0 Å². The molecule has 0 amide bonds. The Kier molecular flexibility index (Phi) is 5.45. The molecule has 0 unspecified atom stereocenters. The standard InChI is InChI=1S/C18H27FN2O/c19-16-7-5-14(6-8-16)11-15-3-1-9-21(12-15)13-18-17(20)4-2-10-22-18/h5-8,15,17-18H,1-4,9-13,20H2/t15-,17+,18-/m0/s1. The third kappa shape index (κ3) is 4.28. The molecule has 1 aromatic carbocycles. The van der Waals surface area contributed by atoms with Crippen molar-refractivity contribution >= 4 is 0 Å². The number of nitrogens with zero attached hydrogens (tertiary/aromatic N) is 1. The molecule has 22 heavy (non-hydrogen) atoms. The van der Waals surface area contributed by atoms with Crippen LogP contribution in [-0.2, 0) is 11.2 Å². The third-order valence-electron chi connectivity index (χ3n) is 4.97. The van der Waals surface area contributed by atoms with Gasteiger partial charge in [-0.2, -0.15) is 0 Å². The molecule has 0 aliphatic carbocycles. The normalized spacial score (nSPS) is 30.4. The summed E-state index contributed by atoms with van der Waals surface area (Å²) in [6.45, 7) is 4.06. The van der Waals surface area contributed by atoms with Gasteiger partial charge in [0.2, 0.25) is 0 Å². The number of ether oxygens (including phenoxy) is 1. The monoisotopic (exact) mass is 306 g/mol. The first-order chi connectivity index (χ1) is 10.7. The molecular formula is C18H27FN2O. The number of likely N-dealkylation sites (tertiary alicyclic amines) is 1. The van der Waals surface area contributed by atoms with Gasteiger partial charge in [-0.15, -0.1) is 0 Å². The Balaban J connectivity index is 1.51. The van der Waals surface area contributed by atoms with Gasteiger partial charge in [0.1, 0.15) is 5.82 Å². The van der Waals surface area contributed by atoms with Crippen LogP contribution in [0.25, 0.3) is 0 Å². The van der Waals surface area contributed by atoms with E-state index in [4.69, 9.17) is 10.5 Å². The predicted octanol–water partition coefficient (Wildman–Crippen LogP) is 2.59. The van der Waals surface area contributed by atoms with Crippen molar-refractivity contribution in [2.24, 2.45) is 11.7 Å². The maximum Gasteiger partial charge on any atom is 0.123 e. The molecule has 2 aliphatic rings. The topological polar surface area (TPSA) is 38.5 Å². The van der Waals surface area contributed by atoms with Crippen molar-refractivity contribution in [1.82, 2.24) is 4.90 Å². The van der Waals surface area contributed by atoms with E-state index in [1.807, 2.05) is 12.1 Å². The van der Waals surface area contributed by atoms with Crippen LogP contribution in [0.4, 0.5) is 4.39 Å². The van der Waals surface area contributed by atoms with Gasteiger partial charge in [0.25, 0.3) is 0 Å². The first-order valence-corrected chi connectivity index (χ1v) is 8.54. The zero-order valence-corrected chi connectivity index (χ0v) is 13.2. The second-order valence-electron chi connectivity index (χ2n) is 6.81. The summed E-state index contributed by atoms with van der Waals surface area (Å²) in [4.78, 5) is 2.51. The largest absolute Gasteiger partial charge is 0.375 e. The Morgan fingerprint density at radius 1 is 1.18 bits per heavy atom. The predicted molar refractivity (Wildman–Crippen MR) is 86.2 cm³/mol. The molecule has 0 spiro atoms. The Morgan fingerprint density at radius 2 is 2.00 bits per heavy atom. The van der Waals surface area contributed by atoms with Crippen molar-refractivity contribution in [3.8, 4) is 0 Å². The van der Waals surface area contributed by atoms with Crippen molar-refractivity contribution in [2.45, 2.75) is 44.2 Å². The summed E-state index contributed by atoms with van der Waals surface area (Å²) in [5.41, 5.74) is 7.42. The van der Waals surface area contributed by atoms with Crippen LogP contribution < -0.4 is 5.73 Å². The second-order valence-corrected chi connectivity index (χ2v) is 6.81. The van der Waals surface area contributed by atoms with Gasteiger partial charge in [0.05, 0.1) is 6.10 Å². The molecule has 2 aliphatic heterocycles. The van der Waals surface area contributed by atoms with Crippen molar-refractivity contribution in [2.75, 3.05) is 26.2 Å². The van der Waals surface area contributed by atoms with Gasteiger partial charge >= 0.3 is 0 Å². The average molecular weight is 306 g/mol. The number of nitrogens with two attached hydrogens (primary N) is 1. The maximum atomic E-state index is 13.0. The quantitative estimate of drug-likeness (QED) is 0.929. The van der Waals surface area contributed by atoms with Crippen molar-refractivity contribution in [3.05, 3.63) is 35.6 Å². The van der Waals surface area contributed by atoms with E-state index < -0.39 is 0 Å². The highest BCUT2D eigenvalue weighted by atomic mass is 19.1. The fourth-order valence-electron chi connectivity index (χ4n) is 3.74. The molecule has 0 aromatic heterocycles. The number of piperidine rings is 1. The van der Waals surface area contributed by atoms with E-state index in [0.29, 0.717) is 5.92 Å². The van der Waals surface area contributed by atoms with Gasteiger partial charge < -0.3 is 15.4 Å². The summed E-state index contributed by atoms with van der Waals surface area (Å²) in [6.07, 6.45) is 5.88. The molecule has 3 atom stereocenters. The first-order valence-electron chi connectivity index (χ1n) is 8.54. The van der Waals surface area contributed by atoms with Crippen LogP contribution in [-0.4, -0.2) is 43.3 Å². The molecule has 2 heterocycles. The van der Waals surface area contributed by atoms with Crippen LogP contribution in [0.2, 0.25) is 0 Å². The highest BCUT2D eigenvalue weighted by molar-refractivity contribution is 5.16. The van der Waals surface area contributed by atoms with Crippen LogP contribution in [0, 0.1) is 11.7 Å². The number of hydrogen-bond donors (Lipinski definition) is 1. The summed E-state index contributed by atoms with van der Waals surface area (Å²) in [5.74, 6) is 0.497. The molecule has 2 fully saturated rings. The zero-order valence-electron chi connectivity index (χ0n) is 13.2. The molecule has 0 saturated carbocycles. The van der Waals surface area contributed by atoms with Crippen LogP contribution >= 0.6 is 0 Å². The number of benzene rings is 1. The Labute approximate surface area is 132 Å². The van der Waals surface area contributed by atoms with Gasteiger partial charge in [-0.1, -0.05) is 12.1 Å². The van der Waals surface area contributed by atoms with E-state index in [1.54, 1.807) is 12.1 Å². The summed E-state index contributed by atoms with van der Waals surface area (Å²) in [7, 11) is 0. The highest BCUT2D eigenvalue weighted by Gasteiger charge is 2.27. The smallest absolute Gasteiger partial charge is 0.123 e.